The highest BCUT2D eigenvalue weighted by molar-refractivity contribution is 5.85. The van der Waals surface area contributed by atoms with Gasteiger partial charge in [-0.2, -0.15) is 4.98 Å². The molecular weight excluding hydrogens is 308 g/mol. The summed E-state index contributed by atoms with van der Waals surface area (Å²) < 4.78 is 6.00. The van der Waals surface area contributed by atoms with E-state index in [-0.39, 0.29) is 0 Å². The van der Waals surface area contributed by atoms with Crippen LogP contribution in [0, 0.1) is 0 Å². The number of hydrogen-bond donors (Lipinski definition) is 0. The van der Waals surface area contributed by atoms with E-state index in [2.05, 4.69) is 9.97 Å². The van der Waals surface area contributed by atoms with Gasteiger partial charge in [-0.15, -0.1) is 0 Å². The maximum atomic E-state index is 6.00. The number of hydrogen-bond acceptors (Lipinski definition) is 3. The molecule has 0 aliphatic carbocycles. The summed E-state index contributed by atoms with van der Waals surface area (Å²) in [6.45, 7) is 0. The second-order valence-corrected chi connectivity index (χ2v) is 5.56. The molecule has 0 atom stereocenters. The molecule has 25 heavy (non-hydrogen) atoms. The predicted molar refractivity (Wildman–Crippen MR) is 101 cm³/mol. The molecule has 3 nitrogen and oxygen atoms in total. The van der Waals surface area contributed by atoms with Crippen LogP contribution in [-0.4, -0.2) is 9.97 Å². The average molecular weight is 324 g/mol. The Bertz CT molecular complexity index is 1010. The van der Waals surface area contributed by atoms with Crippen LogP contribution in [0.25, 0.3) is 23.1 Å². The Labute approximate surface area is 146 Å². The third-order valence-corrected chi connectivity index (χ3v) is 3.77. The molecule has 120 valence electrons. The van der Waals surface area contributed by atoms with Gasteiger partial charge in [0.15, 0.2) is 5.82 Å². The average Bonchev–Trinajstić information content (AvgIpc) is 2.68. The SMILES string of the molecule is C(=C\c1nc(Oc2ccccc2)c2ccccc2n1)/c1ccccc1. The van der Waals surface area contributed by atoms with Crippen LogP contribution in [0.5, 0.6) is 11.6 Å². The highest BCUT2D eigenvalue weighted by Crippen LogP contribution is 2.27. The zero-order valence-corrected chi connectivity index (χ0v) is 13.5. The fourth-order valence-corrected chi connectivity index (χ4v) is 2.55. The molecule has 0 radical (unpaired) electrons. The number of benzene rings is 3. The summed E-state index contributed by atoms with van der Waals surface area (Å²) in [5.41, 5.74) is 1.96. The summed E-state index contributed by atoms with van der Waals surface area (Å²) in [7, 11) is 0. The van der Waals surface area contributed by atoms with E-state index in [1.165, 1.54) is 0 Å². The summed E-state index contributed by atoms with van der Waals surface area (Å²) in [6, 6.07) is 27.6. The van der Waals surface area contributed by atoms with Gasteiger partial charge in [0.05, 0.1) is 10.9 Å². The Morgan fingerprint density at radius 3 is 2.12 bits per heavy atom. The van der Waals surface area contributed by atoms with Gasteiger partial charge >= 0.3 is 0 Å². The van der Waals surface area contributed by atoms with E-state index < -0.39 is 0 Å². The second kappa shape index (κ2) is 6.97. The van der Waals surface area contributed by atoms with Gasteiger partial charge in [-0.25, -0.2) is 4.98 Å². The van der Waals surface area contributed by atoms with E-state index in [9.17, 15) is 0 Å². The van der Waals surface area contributed by atoms with Gasteiger partial charge in [0.25, 0.3) is 0 Å². The molecule has 3 aromatic carbocycles. The highest BCUT2D eigenvalue weighted by atomic mass is 16.5. The summed E-state index contributed by atoms with van der Waals surface area (Å²) >= 11 is 0. The van der Waals surface area contributed by atoms with E-state index in [0.717, 1.165) is 22.2 Å². The Balaban J connectivity index is 1.74. The molecular formula is C22H16N2O. The quantitative estimate of drug-likeness (QED) is 0.490. The maximum absolute atomic E-state index is 6.00. The van der Waals surface area contributed by atoms with Crippen molar-refractivity contribution in [3.8, 4) is 11.6 Å². The molecule has 0 aliphatic rings. The molecule has 0 spiro atoms. The second-order valence-electron chi connectivity index (χ2n) is 5.56. The van der Waals surface area contributed by atoms with Gasteiger partial charge in [-0.3, -0.25) is 0 Å². The van der Waals surface area contributed by atoms with Crippen LogP contribution in [0.2, 0.25) is 0 Å². The predicted octanol–water partition coefficient (Wildman–Crippen LogP) is 5.59. The number of ether oxygens (including phenoxy) is 1. The lowest BCUT2D eigenvalue weighted by Gasteiger charge is -2.08. The molecule has 1 heterocycles. The van der Waals surface area contributed by atoms with Crippen LogP contribution in [-0.2, 0) is 0 Å². The van der Waals surface area contributed by atoms with Crippen LogP contribution in [0.1, 0.15) is 11.4 Å². The lowest BCUT2D eigenvalue weighted by Crippen LogP contribution is -1.95. The first-order valence-corrected chi connectivity index (χ1v) is 8.11. The lowest BCUT2D eigenvalue weighted by atomic mass is 10.2. The van der Waals surface area contributed by atoms with Gasteiger partial charge in [0, 0.05) is 0 Å². The highest BCUT2D eigenvalue weighted by Gasteiger charge is 2.08. The van der Waals surface area contributed by atoms with Crippen molar-refractivity contribution < 1.29 is 4.74 Å². The minimum Gasteiger partial charge on any atom is -0.438 e. The van der Waals surface area contributed by atoms with E-state index in [1.807, 2.05) is 97.1 Å². The zero-order valence-electron chi connectivity index (χ0n) is 13.5. The van der Waals surface area contributed by atoms with Gasteiger partial charge in [0.2, 0.25) is 5.88 Å². The van der Waals surface area contributed by atoms with Crippen LogP contribution in [0.4, 0.5) is 0 Å². The van der Waals surface area contributed by atoms with Gasteiger partial charge in [-0.05, 0) is 35.9 Å². The van der Waals surface area contributed by atoms with Crippen molar-refractivity contribution in [3.63, 3.8) is 0 Å². The number of fused-ring (bicyclic) bond motifs is 1. The first kappa shape index (κ1) is 15.1. The number of para-hydroxylation sites is 2. The fraction of sp³-hybridized carbons (Fsp3) is 0. The maximum Gasteiger partial charge on any atom is 0.230 e. The molecule has 0 bridgehead atoms. The molecule has 4 aromatic rings. The molecule has 0 amide bonds. The lowest BCUT2D eigenvalue weighted by molar-refractivity contribution is 0.468. The fourth-order valence-electron chi connectivity index (χ4n) is 2.55. The van der Waals surface area contributed by atoms with E-state index in [1.54, 1.807) is 0 Å². The first-order valence-electron chi connectivity index (χ1n) is 8.11. The third-order valence-electron chi connectivity index (χ3n) is 3.77. The smallest absolute Gasteiger partial charge is 0.230 e. The van der Waals surface area contributed by atoms with E-state index >= 15 is 0 Å². The van der Waals surface area contributed by atoms with Gasteiger partial charge in [0.1, 0.15) is 5.75 Å². The third kappa shape index (κ3) is 3.56. The summed E-state index contributed by atoms with van der Waals surface area (Å²) in [5.74, 6) is 1.93. The number of nitrogens with zero attached hydrogens (tertiary/aromatic N) is 2. The van der Waals surface area contributed by atoms with Crippen LogP contribution >= 0.6 is 0 Å². The Kier molecular flexibility index (Phi) is 4.21. The Morgan fingerprint density at radius 2 is 1.32 bits per heavy atom. The van der Waals surface area contributed by atoms with Crippen LogP contribution in [0.3, 0.4) is 0 Å². The van der Waals surface area contributed by atoms with Crippen LogP contribution in [0.15, 0.2) is 84.9 Å². The number of rotatable bonds is 4. The van der Waals surface area contributed by atoms with Crippen LogP contribution < -0.4 is 4.74 Å². The zero-order chi connectivity index (χ0) is 16.9. The summed E-state index contributed by atoms with van der Waals surface area (Å²) in [6.07, 6.45) is 3.90. The molecule has 0 unspecified atom stereocenters. The Hall–Kier alpha value is -3.46. The summed E-state index contributed by atoms with van der Waals surface area (Å²) in [5, 5.41) is 0.892. The molecule has 0 N–H and O–H groups in total. The van der Waals surface area contributed by atoms with Gasteiger partial charge < -0.3 is 4.74 Å². The Morgan fingerprint density at radius 1 is 0.640 bits per heavy atom. The van der Waals surface area contributed by atoms with Crippen molar-refractivity contribution in [1.82, 2.24) is 9.97 Å². The van der Waals surface area contributed by atoms with Crippen molar-refractivity contribution in [3.05, 3.63) is 96.3 Å². The first-order chi connectivity index (χ1) is 12.4. The van der Waals surface area contributed by atoms with Crippen molar-refractivity contribution in [2.24, 2.45) is 0 Å². The largest absolute Gasteiger partial charge is 0.438 e. The monoisotopic (exact) mass is 324 g/mol. The molecule has 0 fully saturated rings. The van der Waals surface area contributed by atoms with Crippen molar-refractivity contribution in [2.75, 3.05) is 0 Å². The number of aromatic nitrogens is 2. The molecule has 4 rings (SSSR count). The van der Waals surface area contributed by atoms with Crippen molar-refractivity contribution in [1.29, 1.82) is 0 Å². The van der Waals surface area contributed by atoms with Crippen molar-refractivity contribution in [2.45, 2.75) is 0 Å². The van der Waals surface area contributed by atoms with E-state index in [0.29, 0.717) is 11.7 Å². The molecule has 0 saturated heterocycles. The molecule has 1 aromatic heterocycles. The van der Waals surface area contributed by atoms with Gasteiger partial charge in [-0.1, -0.05) is 66.7 Å². The molecule has 0 aliphatic heterocycles. The molecule has 3 heteroatoms. The normalized spacial score (nSPS) is 11.0. The standard InChI is InChI=1S/C22H16N2O/c1-3-9-17(10-4-1)15-16-21-23-20-14-8-7-13-19(20)22(24-21)25-18-11-5-2-6-12-18/h1-16H/b16-15+. The topological polar surface area (TPSA) is 35.0 Å². The minimum absolute atomic E-state index is 0.560. The molecule has 0 saturated carbocycles. The minimum atomic E-state index is 0.560. The summed E-state index contributed by atoms with van der Waals surface area (Å²) in [4.78, 5) is 9.21. The van der Waals surface area contributed by atoms with Crippen molar-refractivity contribution >= 4 is 23.1 Å². The van der Waals surface area contributed by atoms with E-state index in [4.69, 9.17) is 4.74 Å².